The Hall–Kier alpha value is -5.80. The van der Waals surface area contributed by atoms with E-state index in [9.17, 15) is 18.0 Å². The molecule has 3 heterocycles. The molecular weight excluding hydrogens is 724 g/mol. The van der Waals surface area contributed by atoms with Crippen LogP contribution in [0.1, 0.15) is 40.2 Å². The van der Waals surface area contributed by atoms with Crippen LogP contribution in [0.15, 0.2) is 84.0 Å². The molecule has 0 bridgehead atoms. The van der Waals surface area contributed by atoms with Gasteiger partial charge in [-0.3, -0.25) is 9.36 Å². The van der Waals surface area contributed by atoms with Crippen LogP contribution in [0.25, 0.3) is 33.2 Å². The summed E-state index contributed by atoms with van der Waals surface area (Å²) >= 11 is 0. The summed E-state index contributed by atoms with van der Waals surface area (Å²) in [5.74, 6) is -1.04. The largest absolute Gasteiger partial charge is 0.443 e. The molecule has 3 aromatic carbocycles. The maximum atomic E-state index is 16.2. The minimum atomic E-state index is -4.15. The van der Waals surface area contributed by atoms with Crippen LogP contribution in [0.4, 0.5) is 32.2 Å². The van der Waals surface area contributed by atoms with E-state index in [4.69, 9.17) is 9.72 Å². The lowest BCUT2D eigenvalue weighted by Crippen LogP contribution is -2.33. The zero-order valence-corrected chi connectivity index (χ0v) is 33.0. The topological polar surface area (TPSA) is 144 Å². The zero-order valence-electron chi connectivity index (χ0n) is 32.1. The lowest BCUT2D eigenvalue weighted by atomic mass is 10.1. The van der Waals surface area contributed by atoms with Gasteiger partial charge in [-0.25, -0.2) is 26.6 Å². The van der Waals surface area contributed by atoms with E-state index < -0.39 is 27.5 Å². The van der Waals surface area contributed by atoms with Crippen molar-refractivity contribution < 1.29 is 27.1 Å². The summed E-state index contributed by atoms with van der Waals surface area (Å²) in [5, 5.41) is 6.86. The maximum absolute atomic E-state index is 16.2. The Labute approximate surface area is 319 Å². The fourth-order valence-corrected chi connectivity index (χ4v) is 7.55. The van der Waals surface area contributed by atoms with Gasteiger partial charge in [-0.2, -0.15) is 4.98 Å². The highest BCUT2D eigenvalue weighted by Crippen LogP contribution is 2.38. The summed E-state index contributed by atoms with van der Waals surface area (Å²) in [6.45, 7) is 12.1. The number of hydrogen-bond donors (Lipinski definition) is 2. The van der Waals surface area contributed by atoms with Crippen LogP contribution in [0.2, 0.25) is 0 Å². The number of amides is 1. The SMILES string of the molecule is CCN(CCN(C)C)c1c(F)cc(Nc2nc(-c3cn(C(=O)OC(C)(C)C)c4ccccc34)c3ccn(S(=O)(=O)c4ccc(C)cc4)c3n2)cc1NC(C)=O. The highest BCUT2D eigenvalue weighted by molar-refractivity contribution is 7.90. The molecule has 2 N–H and O–H groups in total. The molecule has 0 spiro atoms. The average Bonchev–Trinajstić information content (AvgIpc) is 3.71. The maximum Gasteiger partial charge on any atom is 0.419 e. The van der Waals surface area contributed by atoms with Gasteiger partial charge in [-0.05, 0) is 85.1 Å². The molecule has 13 nitrogen and oxygen atoms in total. The van der Waals surface area contributed by atoms with Crippen LogP contribution in [0.3, 0.4) is 0 Å². The molecular formula is C40H45FN8O5S. The van der Waals surface area contributed by atoms with Crippen molar-refractivity contribution in [2.45, 2.75) is 52.0 Å². The summed E-state index contributed by atoms with van der Waals surface area (Å²) in [7, 11) is -0.302. The second kappa shape index (κ2) is 15.1. The van der Waals surface area contributed by atoms with Gasteiger partial charge < -0.3 is 25.2 Å². The molecule has 288 valence electrons. The minimum absolute atomic E-state index is 0.0437. The Morgan fingerprint density at radius 2 is 1.67 bits per heavy atom. The number of aromatic nitrogens is 4. The number of nitrogens with one attached hydrogen (secondary N) is 2. The number of benzene rings is 3. The molecule has 0 aliphatic rings. The van der Waals surface area contributed by atoms with Crippen LogP contribution in [-0.2, 0) is 19.6 Å². The predicted octanol–water partition coefficient (Wildman–Crippen LogP) is 7.61. The molecule has 0 aliphatic carbocycles. The van der Waals surface area contributed by atoms with E-state index in [1.807, 2.05) is 49.9 Å². The number of anilines is 4. The van der Waals surface area contributed by atoms with Gasteiger partial charge in [0, 0.05) is 61.0 Å². The third-order valence-electron chi connectivity index (χ3n) is 8.79. The number of para-hydroxylation sites is 1. The van der Waals surface area contributed by atoms with Gasteiger partial charge >= 0.3 is 6.09 Å². The monoisotopic (exact) mass is 768 g/mol. The molecule has 55 heavy (non-hydrogen) atoms. The molecule has 0 saturated heterocycles. The third kappa shape index (κ3) is 8.17. The van der Waals surface area contributed by atoms with Gasteiger partial charge in [0.15, 0.2) is 11.5 Å². The summed E-state index contributed by atoms with van der Waals surface area (Å²) in [5.41, 5.74) is 2.20. The van der Waals surface area contributed by atoms with Gasteiger partial charge in [0.1, 0.15) is 5.60 Å². The fraction of sp³-hybridized carbons (Fsp3) is 0.300. The number of halogens is 1. The number of likely N-dealkylation sites (N-methyl/N-ethyl adjacent to an activating group) is 2. The predicted molar refractivity (Wildman–Crippen MR) is 214 cm³/mol. The molecule has 0 radical (unpaired) electrons. The standard InChI is InChI=1S/C40H45FN8O5S/c1-9-47(21-20-46(7)8)36-32(41)22-27(23-33(36)42-26(3)50)43-38-44-35(31-24-48(39(51)54-40(4,5)6)34-13-11-10-12-29(31)34)30-18-19-49(37(30)45-38)55(52,53)28-16-14-25(2)15-17-28/h10-19,22-24H,9,20-21H2,1-8H3,(H,42,50)(H,43,44,45). The number of rotatable bonds is 11. The van der Waals surface area contributed by atoms with Gasteiger partial charge in [0.2, 0.25) is 11.9 Å². The Morgan fingerprint density at radius 3 is 2.33 bits per heavy atom. The molecule has 0 fully saturated rings. The molecule has 0 aliphatic heterocycles. The van der Waals surface area contributed by atoms with E-state index in [1.54, 1.807) is 63.4 Å². The van der Waals surface area contributed by atoms with Crippen molar-refractivity contribution >= 4 is 67.0 Å². The lowest BCUT2D eigenvalue weighted by molar-refractivity contribution is -0.114. The van der Waals surface area contributed by atoms with Crippen molar-refractivity contribution in [3.63, 3.8) is 0 Å². The molecule has 6 aromatic rings. The van der Waals surface area contributed by atoms with Gasteiger partial charge in [-0.1, -0.05) is 35.9 Å². The van der Waals surface area contributed by atoms with Crippen molar-refractivity contribution in [3.05, 3.63) is 90.5 Å². The normalized spacial score (nSPS) is 12.0. The number of nitrogens with zero attached hydrogens (tertiary/aromatic N) is 6. The Balaban J connectivity index is 1.56. The van der Waals surface area contributed by atoms with Crippen molar-refractivity contribution in [3.8, 4) is 11.3 Å². The van der Waals surface area contributed by atoms with E-state index in [-0.39, 0.29) is 39.5 Å². The molecule has 6 rings (SSSR count). The van der Waals surface area contributed by atoms with E-state index in [0.717, 1.165) is 9.54 Å². The van der Waals surface area contributed by atoms with Gasteiger partial charge in [0.25, 0.3) is 10.0 Å². The van der Waals surface area contributed by atoms with Crippen LogP contribution >= 0.6 is 0 Å². The summed E-state index contributed by atoms with van der Waals surface area (Å²) in [6.07, 6.45) is 2.41. The number of carbonyl (C=O) groups is 2. The number of carbonyl (C=O) groups excluding carboxylic acids is 2. The van der Waals surface area contributed by atoms with Crippen LogP contribution < -0.4 is 15.5 Å². The molecule has 0 saturated carbocycles. The second-order valence-corrected chi connectivity index (χ2v) is 16.3. The van der Waals surface area contributed by atoms with E-state index in [0.29, 0.717) is 47.2 Å². The number of fused-ring (bicyclic) bond motifs is 2. The van der Waals surface area contributed by atoms with Gasteiger partial charge in [0.05, 0.1) is 27.5 Å². The van der Waals surface area contributed by atoms with E-state index in [2.05, 4.69) is 15.6 Å². The quantitative estimate of drug-likeness (QED) is 0.135. The first-order valence-electron chi connectivity index (χ1n) is 17.8. The highest BCUT2D eigenvalue weighted by atomic mass is 32.2. The lowest BCUT2D eigenvalue weighted by Gasteiger charge is -2.28. The first-order valence-corrected chi connectivity index (χ1v) is 19.2. The highest BCUT2D eigenvalue weighted by Gasteiger charge is 2.27. The van der Waals surface area contributed by atoms with E-state index >= 15 is 4.39 Å². The van der Waals surface area contributed by atoms with E-state index in [1.165, 1.54) is 35.9 Å². The molecule has 0 atom stereocenters. The second-order valence-electron chi connectivity index (χ2n) is 14.5. The third-order valence-corrected chi connectivity index (χ3v) is 10.5. The number of ether oxygens (including phenoxy) is 1. The first kappa shape index (κ1) is 38.9. The number of hydrogen-bond acceptors (Lipinski definition) is 10. The summed E-state index contributed by atoms with van der Waals surface area (Å²) < 4.78 is 52.6. The minimum Gasteiger partial charge on any atom is -0.443 e. The van der Waals surface area contributed by atoms with Crippen LogP contribution in [-0.4, -0.2) is 83.2 Å². The number of aryl methyl sites for hydroxylation is 1. The van der Waals surface area contributed by atoms with Crippen molar-refractivity contribution in [1.82, 2.24) is 23.4 Å². The van der Waals surface area contributed by atoms with Crippen molar-refractivity contribution in [2.24, 2.45) is 0 Å². The molecule has 1 amide bonds. The Kier molecular flexibility index (Phi) is 10.7. The first-order chi connectivity index (χ1) is 26.0. The van der Waals surface area contributed by atoms with Crippen LogP contribution in [0.5, 0.6) is 0 Å². The van der Waals surface area contributed by atoms with Crippen LogP contribution in [0, 0.1) is 12.7 Å². The van der Waals surface area contributed by atoms with Gasteiger partial charge in [-0.15, -0.1) is 0 Å². The van der Waals surface area contributed by atoms with Crippen molar-refractivity contribution in [2.75, 3.05) is 49.3 Å². The summed E-state index contributed by atoms with van der Waals surface area (Å²) in [4.78, 5) is 39.2. The smallest absolute Gasteiger partial charge is 0.419 e. The molecule has 0 unspecified atom stereocenters. The van der Waals surface area contributed by atoms with Crippen molar-refractivity contribution in [1.29, 1.82) is 0 Å². The molecule has 3 aromatic heterocycles. The average molecular weight is 769 g/mol. The summed E-state index contributed by atoms with van der Waals surface area (Å²) in [6, 6.07) is 18.2. The zero-order chi connectivity index (χ0) is 39.8. The fourth-order valence-electron chi connectivity index (χ4n) is 6.26. The Morgan fingerprint density at radius 1 is 0.964 bits per heavy atom. The molecule has 15 heteroatoms. The Bertz CT molecular complexity index is 2520.